The average molecular weight is 285 g/mol. The fourth-order valence-electron chi connectivity index (χ4n) is 1.54. The highest BCUT2D eigenvalue weighted by atomic mass is 32.2. The molecule has 1 aromatic carbocycles. The molecule has 2 N–H and O–H groups in total. The van der Waals surface area contributed by atoms with Crippen LogP contribution >= 0.6 is 0 Å². The highest BCUT2D eigenvalue weighted by Crippen LogP contribution is 2.27. The van der Waals surface area contributed by atoms with Gasteiger partial charge in [-0.3, -0.25) is 0 Å². The van der Waals surface area contributed by atoms with Crippen molar-refractivity contribution >= 4 is 15.5 Å². The lowest BCUT2D eigenvalue weighted by molar-refractivity contribution is 0.386. The van der Waals surface area contributed by atoms with Crippen LogP contribution in [0, 0.1) is 5.82 Å². The molecule has 0 saturated carbocycles. The highest BCUT2D eigenvalue weighted by molar-refractivity contribution is 7.90. The summed E-state index contributed by atoms with van der Waals surface area (Å²) in [7, 11) is -2.03. The Balaban J connectivity index is 2.56. The Labute approximate surface area is 109 Å². The summed E-state index contributed by atoms with van der Waals surface area (Å²) in [5, 5.41) is 3.90. The van der Waals surface area contributed by atoms with Crippen LogP contribution in [0.25, 0.3) is 5.69 Å². The minimum absolute atomic E-state index is 0.000561. The second-order valence-corrected chi connectivity index (χ2v) is 5.95. The van der Waals surface area contributed by atoms with E-state index in [2.05, 4.69) is 5.10 Å². The van der Waals surface area contributed by atoms with Crippen molar-refractivity contribution in [1.82, 2.24) is 9.78 Å². The van der Waals surface area contributed by atoms with Gasteiger partial charge in [0.25, 0.3) is 0 Å². The van der Waals surface area contributed by atoms with Crippen molar-refractivity contribution in [2.75, 3.05) is 19.1 Å². The summed E-state index contributed by atoms with van der Waals surface area (Å²) in [6.07, 6.45) is 3.58. The van der Waals surface area contributed by atoms with E-state index in [-0.39, 0.29) is 16.3 Å². The van der Waals surface area contributed by atoms with Gasteiger partial charge in [-0.2, -0.15) is 5.10 Å². The van der Waals surface area contributed by atoms with Crippen molar-refractivity contribution in [3.63, 3.8) is 0 Å². The number of hydrogen-bond acceptors (Lipinski definition) is 5. The first kappa shape index (κ1) is 13.3. The fourth-order valence-corrected chi connectivity index (χ4v) is 2.07. The molecule has 0 aliphatic heterocycles. The summed E-state index contributed by atoms with van der Waals surface area (Å²) in [6, 6.07) is 2.44. The molecule has 0 unspecified atom stereocenters. The van der Waals surface area contributed by atoms with Crippen LogP contribution < -0.4 is 10.5 Å². The lowest BCUT2D eigenvalue weighted by atomic mass is 10.2. The van der Waals surface area contributed by atoms with E-state index in [1.807, 2.05) is 0 Å². The molecule has 0 radical (unpaired) electrons. The molecule has 102 valence electrons. The van der Waals surface area contributed by atoms with Gasteiger partial charge in [0.1, 0.15) is 4.90 Å². The molecule has 19 heavy (non-hydrogen) atoms. The Bertz CT molecular complexity index is 725. The number of nitrogen functional groups attached to an aromatic ring is 1. The molecule has 0 bridgehead atoms. The van der Waals surface area contributed by atoms with E-state index in [0.29, 0.717) is 5.69 Å². The van der Waals surface area contributed by atoms with Gasteiger partial charge in [-0.05, 0) is 0 Å². The van der Waals surface area contributed by atoms with E-state index in [1.54, 1.807) is 0 Å². The number of hydrogen-bond donors (Lipinski definition) is 1. The quantitative estimate of drug-likeness (QED) is 0.850. The lowest BCUT2D eigenvalue weighted by Gasteiger charge is -2.09. The number of nitrogens with two attached hydrogens (primary N) is 1. The number of halogens is 1. The molecule has 0 amide bonds. The minimum atomic E-state index is -3.36. The Kier molecular flexibility index (Phi) is 3.19. The first-order chi connectivity index (χ1) is 8.82. The second-order valence-electron chi connectivity index (χ2n) is 3.94. The summed E-state index contributed by atoms with van der Waals surface area (Å²) >= 11 is 0. The zero-order valence-electron chi connectivity index (χ0n) is 10.3. The molecule has 6 nitrogen and oxygen atoms in total. The van der Waals surface area contributed by atoms with Gasteiger partial charge in [-0.1, -0.05) is 0 Å². The van der Waals surface area contributed by atoms with Crippen LogP contribution in [0.3, 0.4) is 0 Å². The van der Waals surface area contributed by atoms with Crippen LogP contribution in [0.5, 0.6) is 5.75 Å². The molecule has 0 spiro atoms. The maximum Gasteiger partial charge on any atom is 0.178 e. The van der Waals surface area contributed by atoms with Gasteiger partial charge >= 0.3 is 0 Å². The average Bonchev–Trinajstić information content (AvgIpc) is 2.78. The van der Waals surface area contributed by atoms with Gasteiger partial charge < -0.3 is 10.5 Å². The van der Waals surface area contributed by atoms with E-state index in [1.165, 1.54) is 30.3 Å². The first-order valence-electron chi connectivity index (χ1n) is 5.21. The number of methoxy groups -OCH3 is 1. The topological polar surface area (TPSA) is 87.2 Å². The van der Waals surface area contributed by atoms with E-state index < -0.39 is 15.7 Å². The number of anilines is 1. The molecular weight excluding hydrogens is 273 g/mol. The van der Waals surface area contributed by atoms with Crippen LogP contribution in [0.15, 0.2) is 29.4 Å². The minimum Gasteiger partial charge on any atom is -0.494 e. The zero-order valence-corrected chi connectivity index (χ0v) is 11.1. The van der Waals surface area contributed by atoms with Crippen LogP contribution in [0.1, 0.15) is 0 Å². The van der Waals surface area contributed by atoms with Crippen molar-refractivity contribution in [1.29, 1.82) is 0 Å². The number of aromatic nitrogens is 2. The molecule has 2 rings (SSSR count). The Hall–Kier alpha value is -2.09. The summed E-state index contributed by atoms with van der Waals surface area (Å²) in [5.41, 5.74) is 6.16. The number of benzene rings is 1. The van der Waals surface area contributed by atoms with Crippen molar-refractivity contribution in [2.45, 2.75) is 4.90 Å². The van der Waals surface area contributed by atoms with E-state index in [9.17, 15) is 12.8 Å². The third-order valence-electron chi connectivity index (χ3n) is 2.53. The molecule has 1 aromatic heterocycles. The van der Waals surface area contributed by atoms with Gasteiger partial charge in [0.05, 0.1) is 24.7 Å². The zero-order chi connectivity index (χ0) is 14.2. The molecule has 0 saturated heterocycles. The smallest absolute Gasteiger partial charge is 0.178 e. The summed E-state index contributed by atoms with van der Waals surface area (Å²) < 4.78 is 42.3. The molecule has 0 aliphatic rings. The van der Waals surface area contributed by atoms with Crippen LogP contribution in [-0.2, 0) is 9.84 Å². The van der Waals surface area contributed by atoms with Gasteiger partial charge in [0.2, 0.25) is 0 Å². The molecule has 2 aromatic rings. The SMILES string of the molecule is COc1cc(-n2cc(S(C)(=O)=O)cn2)c(N)cc1F. The molecule has 0 aliphatic carbocycles. The second kappa shape index (κ2) is 4.54. The normalized spacial score (nSPS) is 11.5. The van der Waals surface area contributed by atoms with Crippen molar-refractivity contribution in [3.8, 4) is 11.4 Å². The molecule has 0 atom stereocenters. The molecule has 1 heterocycles. The van der Waals surface area contributed by atoms with Crippen molar-refractivity contribution < 1.29 is 17.5 Å². The van der Waals surface area contributed by atoms with Gasteiger partial charge in [0, 0.05) is 24.6 Å². The Morgan fingerprint density at radius 1 is 1.42 bits per heavy atom. The number of sulfone groups is 1. The summed E-state index contributed by atoms with van der Waals surface area (Å²) in [5.74, 6) is -0.597. The predicted octanol–water partition coefficient (Wildman–Crippen LogP) is 1.01. The van der Waals surface area contributed by atoms with E-state index >= 15 is 0 Å². The van der Waals surface area contributed by atoms with E-state index in [4.69, 9.17) is 10.5 Å². The van der Waals surface area contributed by atoms with Gasteiger partial charge in [-0.25, -0.2) is 17.5 Å². The largest absolute Gasteiger partial charge is 0.494 e. The van der Waals surface area contributed by atoms with E-state index in [0.717, 1.165) is 12.3 Å². The maximum atomic E-state index is 13.4. The Morgan fingerprint density at radius 3 is 2.63 bits per heavy atom. The van der Waals surface area contributed by atoms with Gasteiger partial charge in [-0.15, -0.1) is 0 Å². The van der Waals surface area contributed by atoms with Crippen LogP contribution in [0.4, 0.5) is 10.1 Å². The standard InChI is InChI=1S/C11H12FN3O3S/c1-18-11-4-10(9(13)3-8(11)12)15-6-7(5-14-15)19(2,16)17/h3-6H,13H2,1-2H3. The highest BCUT2D eigenvalue weighted by Gasteiger charge is 2.14. The van der Waals surface area contributed by atoms with Crippen molar-refractivity contribution in [3.05, 3.63) is 30.3 Å². The molecule has 8 heteroatoms. The third kappa shape index (κ3) is 2.53. The Morgan fingerprint density at radius 2 is 2.11 bits per heavy atom. The van der Waals surface area contributed by atoms with Crippen LogP contribution in [0.2, 0.25) is 0 Å². The van der Waals surface area contributed by atoms with Crippen molar-refractivity contribution in [2.24, 2.45) is 0 Å². The number of rotatable bonds is 3. The number of nitrogens with zero attached hydrogens (tertiary/aromatic N) is 2. The number of ether oxygens (including phenoxy) is 1. The first-order valence-corrected chi connectivity index (χ1v) is 7.10. The predicted molar refractivity (Wildman–Crippen MR) is 67.6 cm³/mol. The summed E-state index contributed by atoms with van der Waals surface area (Å²) in [6.45, 7) is 0. The maximum absolute atomic E-state index is 13.4. The molecule has 0 fully saturated rings. The summed E-state index contributed by atoms with van der Waals surface area (Å²) in [4.78, 5) is 0.0511. The van der Waals surface area contributed by atoms with Gasteiger partial charge in [0.15, 0.2) is 21.4 Å². The van der Waals surface area contributed by atoms with Crippen LogP contribution in [-0.4, -0.2) is 31.6 Å². The molecular formula is C11H12FN3O3S. The lowest BCUT2D eigenvalue weighted by Crippen LogP contribution is -2.02. The third-order valence-corrected chi connectivity index (χ3v) is 3.60. The fraction of sp³-hybridized carbons (Fsp3) is 0.182. The monoisotopic (exact) mass is 285 g/mol.